The number of likely N-dealkylation sites (tertiary alicyclic amines) is 1. The number of aryl methyl sites for hydroxylation is 1. The highest BCUT2D eigenvalue weighted by atomic mass is 16.4. The first kappa shape index (κ1) is 12.6. The van der Waals surface area contributed by atoms with Crippen molar-refractivity contribution in [1.29, 1.82) is 0 Å². The van der Waals surface area contributed by atoms with Gasteiger partial charge < -0.3 is 10.0 Å². The number of amides is 1. The summed E-state index contributed by atoms with van der Waals surface area (Å²) in [6.07, 6.45) is 2.55. The Morgan fingerprint density at radius 1 is 1.56 bits per heavy atom. The van der Waals surface area contributed by atoms with E-state index in [9.17, 15) is 9.59 Å². The number of aromatic nitrogens is 2. The number of aliphatic carboxylic acids is 1. The molecule has 1 fully saturated rings. The third-order valence-corrected chi connectivity index (χ3v) is 3.55. The normalized spacial score (nSPS) is 24.0. The Bertz CT molecular complexity index is 469. The van der Waals surface area contributed by atoms with Crippen LogP contribution >= 0.6 is 0 Å². The lowest BCUT2D eigenvalue weighted by Gasteiger charge is -2.36. The van der Waals surface area contributed by atoms with E-state index in [-0.39, 0.29) is 17.9 Å². The van der Waals surface area contributed by atoms with E-state index in [0.29, 0.717) is 24.9 Å². The second-order valence-corrected chi connectivity index (χ2v) is 4.82. The molecule has 0 aromatic carbocycles. The molecule has 1 saturated heterocycles. The van der Waals surface area contributed by atoms with Crippen molar-refractivity contribution in [2.24, 2.45) is 5.92 Å². The summed E-state index contributed by atoms with van der Waals surface area (Å²) in [6, 6.07) is -0.0540. The molecule has 98 valence electrons. The molecule has 0 bridgehead atoms. The molecule has 2 N–H and O–H groups in total. The Labute approximate surface area is 105 Å². The zero-order valence-electron chi connectivity index (χ0n) is 10.5. The van der Waals surface area contributed by atoms with Gasteiger partial charge in [-0.05, 0) is 26.7 Å². The lowest BCUT2D eigenvalue weighted by molar-refractivity contribution is -0.143. The van der Waals surface area contributed by atoms with Crippen LogP contribution in [0.4, 0.5) is 0 Å². The SMILES string of the molecule is Cc1[nH]ncc1C(=O)N1CC[C@@H](C(=O)O)C[C@H]1C. The maximum atomic E-state index is 12.3. The molecule has 6 nitrogen and oxygen atoms in total. The number of nitrogens with zero attached hydrogens (tertiary/aromatic N) is 2. The highest BCUT2D eigenvalue weighted by Gasteiger charge is 2.33. The van der Waals surface area contributed by atoms with Crippen molar-refractivity contribution >= 4 is 11.9 Å². The van der Waals surface area contributed by atoms with E-state index >= 15 is 0 Å². The van der Waals surface area contributed by atoms with E-state index in [2.05, 4.69) is 10.2 Å². The summed E-state index contributed by atoms with van der Waals surface area (Å²) < 4.78 is 0. The summed E-state index contributed by atoms with van der Waals surface area (Å²) in [5.41, 5.74) is 1.31. The highest BCUT2D eigenvalue weighted by molar-refractivity contribution is 5.95. The average Bonchev–Trinajstić information content (AvgIpc) is 2.74. The van der Waals surface area contributed by atoms with Crippen molar-refractivity contribution in [1.82, 2.24) is 15.1 Å². The quantitative estimate of drug-likeness (QED) is 0.822. The van der Waals surface area contributed by atoms with E-state index in [1.54, 1.807) is 11.8 Å². The van der Waals surface area contributed by atoms with Gasteiger partial charge in [-0.25, -0.2) is 0 Å². The van der Waals surface area contributed by atoms with Crippen LogP contribution in [0.25, 0.3) is 0 Å². The van der Waals surface area contributed by atoms with Crippen LogP contribution in [0.2, 0.25) is 0 Å². The molecule has 18 heavy (non-hydrogen) atoms. The fraction of sp³-hybridized carbons (Fsp3) is 0.583. The second kappa shape index (κ2) is 4.80. The maximum Gasteiger partial charge on any atom is 0.306 e. The van der Waals surface area contributed by atoms with Gasteiger partial charge in [-0.3, -0.25) is 14.7 Å². The lowest BCUT2D eigenvalue weighted by Crippen LogP contribution is -2.46. The van der Waals surface area contributed by atoms with Gasteiger partial charge in [0.25, 0.3) is 5.91 Å². The zero-order valence-corrected chi connectivity index (χ0v) is 10.5. The third kappa shape index (κ3) is 2.23. The van der Waals surface area contributed by atoms with Gasteiger partial charge in [0.05, 0.1) is 17.7 Å². The van der Waals surface area contributed by atoms with E-state index in [1.807, 2.05) is 6.92 Å². The molecule has 0 unspecified atom stereocenters. The van der Waals surface area contributed by atoms with Crippen molar-refractivity contribution in [3.8, 4) is 0 Å². The number of H-pyrrole nitrogens is 1. The van der Waals surface area contributed by atoms with Crippen LogP contribution in [0.15, 0.2) is 6.20 Å². The van der Waals surface area contributed by atoms with Crippen LogP contribution < -0.4 is 0 Å². The summed E-state index contributed by atoms with van der Waals surface area (Å²) in [5.74, 6) is -1.18. The molecule has 6 heteroatoms. The molecule has 0 radical (unpaired) electrons. The van der Waals surface area contributed by atoms with Crippen LogP contribution in [0.1, 0.15) is 35.8 Å². The number of carbonyl (C=O) groups excluding carboxylic acids is 1. The van der Waals surface area contributed by atoms with Crippen molar-refractivity contribution in [2.45, 2.75) is 32.7 Å². The smallest absolute Gasteiger partial charge is 0.306 e. The molecule has 0 aliphatic carbocycles. The Morgan fingerprint density at radius 2 is 2.28 bits per heavy atom. The van der Waals surface area contributed by atoms with Crippen molar-refractivity contribution in [3.63, 3.8) is 0 Å². The van der Waals surface area contributed by atoms with Gasteiger partial charge in [0.2, 0.25) is 0 Å². The van der Waals surface area contributed by atoms with Gasteiger partial charge in [0.15, 0.2) is 0 Å². The van der Waals surface area contributed by atoms with Crippen molar-refractivity contribution in [2.75, 3.05) is 6.54 Å². The Kier molecular flexibility index (Phi) is 3.36. The first-order valence-corrected chi connectivity index (χ1v) is 6.04. The largest absolute Gasteiger partial charge is 0.481 e. The minimum absolute atomic E-state index is 0.0540. The molecule has 0 saturated carbocycles. The number of aromatic amines is 1. The van der Waals surface area contributed by atoms with Crippen molar-refractivity contribution in [3.05, 3.63) is 17.5 Å². The summed E-state index contributed by atoms with van der Waals surface area (Å²) in [6.45, 7) is 4.18. The molecule has 1 aromatic heterocycles. The predicted octanol–water partition coefficient (Wildman–Crippen LogP) is 1.04. The second-order valence-electron chi connectivity index (χ2n) is 4.82. The van der Waals surface area contributed by atoms with Crippen LogP contribution in [0.3, 0.4) is 0 Å². The summed E-state index contributed by atoms with van der Waals surface area (Å²) in [4.78, 5) is 25.0. The summed E-state index contributed by atoms with van der Waals surface area (Å²) in [7, 11) is 0. The van der Waals surface area contributed by atoms with Gasteiger partial charge in [-0.2, -0.15) is 5.10 Å². The van der Waals surface area contributed by atoms with Crippen LogP contribution in [0, 0.1) is 12.8 Å². The van der Waals surface area contributed by atoms with E-state index in [4.69, 9.17) is 5.11 Å². The van der Waals surface area contributed by atoms with Crippen LogP contribution in [-0.4, -0.2) is 44.7 Å². The monoisotopic (exact) mass is 251 g/mol. The maximum absolute atomic E-state index is 12.3. The molecule has 2 atom stereocenters. The number of nitrogens with one attached hydrogen (secondary N) is 1. The number of piperidine rings is 1. The number of carboxylic acids is 1. The summed E-state index contributed by atoms with van der Waals surface area (Å²) in [5, 5.41) is 15.6. The van der Waals surface area contributed by atoms with Gasteiger partial charge in [-0.1, -0.05) is 0 Å². The molecule has 1 aliphatic rings. The Hall–Kier alpha value is -1.85. The molecular weight excluding hydrogens is 234 g/mol. The minimum atomic E-state index is -0.770. The molecular formula is C12H17N3O3. The molecule has 2 heterocycles. The Morgan fingerprint density at radius 3 is 2.78 bits per heavy atom. The molecule has 1 aliphatic heterocycles. The van der Waals surface area contributed by atoms with Gasteiger partial charge >= 0.3 is 5.97 Å². The van der Waals surface area contributed by atoms with Gasteiger partial charge in [0.1, 0.15) is 0 Å². The van der Waals surface area contributed by atoms with E-state index in [0.717, 1.165) is 5.69 Å². The minimum Gasteiger partial charge on any atom is -0.481 e. The van der Waals surface area contributed by atoms with Crippen molar-refractivity contribution < 1.29 is 14.7 Å². The summed E-state index contributed by atoms with van der Waals surface area (Å²) >= 11 is 0. The fourth-order valence-corrected chi connectivity index (χ4v) is 2.42. The first-order valence-electron chi connectivity index (χ1n) is 6.04. The number of hydrogen-bond donors (Lipinski definition) is 2. The molecule has 2 rings (SSSR count). The number of carbonyl (C=O) groups is 2. The zero-order chi connectivity index (χ0) is 13.3. The highest BCUT2D eigenvalue weighted by Crippen LogP contribution is 2.24. The fourth-order valence-electron chi connectivity index (χ4n) is 2.42. The molecule has 1 aromatic rings. The van der Waals surface area contributed by atoms with Gasteiger partial charge in [-0.15, -0.1) is 0 Å². The predicted molar refractivity (Wildman–Crippen MR) is 64.2 cm³/mol. The molecule has 1 amide bonds. The molecule has 0 spiro atoms. The number of hydrogen-bond acceptors (Lipinski definition) is 3. The number of rotatable bonds is 2. The topological polar surface area (TPSA) is 86.3 Å². The number of carboxylic acid groups (broad SMARTS) is 1. The Balaban J connectivity index is 2.10. The van der Waals surface area contributed by atoms with Crippen LogP contribution in [0.5, 0.6) is 0 Å². The first-order chi connectivity index (χ1) is 8.50. The lowest BCUT2D eigenvalue weighted by atomic mass is 9.91. The average molecular weight is 251 g/mol. The van der Waals surface area contributed by atoms with E-state index < -0.39 is 5.97 Å². The third-order valence-electron chi connectivity index (χ3n) is 3.55. The van der Waals surface area contributed by atoms with Crippen LogP contribution in [-0.2, 0) is 4.79 Å². The standard InChI is InChI=1S/C12H17N3O3/c1-7-5-9(12(17)18)3-4-15(7)11(16)10-6-13-14-8(10)2/h6-7,9H,3-5H2,1-2H3,(H,13,14)(H,17,18)/t7-,9-/m1/s1. The van der Waals surface area contributed by atoms with E-state index in [1.165, 1.54) is 6.20 Å². The van der Waals surface area contributed by atoms with Gasteiger partial charge in [0, 0.05) is 18.3 Å².